The molecule has 0 aromatic heterocycles. The minimum atomic E-state index is -0.103. The van der Waals surface area contributed by atoms with Gasteiger partial charge < -0.3 is 4.90 Å². The number of para-hydroxylation sites is 1. The quantitative estimate of drug-likeness (QED) is 0.722. The highest BCUT2D eigenvalue weighted by Crippen LogP contribution is 2.35. The molecule has 2 aromatic carbocycles. The molecule has 0 radical (unpaired) electrons. The monoisotopic (exact) mass is 241 g/mol. The summed E-state index contributed by atoms with van der Waals surface area (Å²) < 4.78 is 14.2. The van der Waals surface area contributed by atoms with Gasteiger partial charge >= 0.3 is 0 Å². The lowest BCUT2D eigenvalue weighted by Gasteiger charge is -2.31. The Kier molecular flexibility index (Phi) is 2.78. The first-order valence-corrected chi connectivity index (χ1v) is 6.38. The summed E-state index contributed by atoms with van der Waals surface area (Å²) in [6.07, 6.45) is 2.16. The fourth-order valence-corrected chi connectivity index (χ4v) is 2.62. The smallest absolute Gasteiger partial charge is 0.149 e. The number of benzene rings is 2. The van der Waals surface area contributed by atoms with E-state index in [4.69, 9.17) is 0 Å². The molecule has 1 aliphatic heterocycles. The highest BCUT2D eigenvalue weighted by molar-refractivity contribution is 5.68. The summed E-state index contributed by atoms with van der Waals surface area (Å²) in [5.74, 6) is -0.103. The van der Waals surface area contributed by atoms with E-state index in [0.717, 1.165) is 25.1 Å². The first-order chi connectivity index (χ1) is 8.77. The molecular weight excluding hydrogens is 225 g/mol. The van der Waals surface area contributed by atoms with E-state index in [9.17, 15) is 4.39 Å². The predicted octanol–water partition coefficient (Wildman–Crippen LogP) is 4.22. The SMILES string of the molecule is Cc1cccc(N2CCCc3ccccc32)c1F. The molecule has 0 fully saturated rings. The molecule has 0 aliphatic carbocycles. The van der Waals surface area contributed by atoms with E-state index in [0.29, 0.717) is 11.3 Å². The normalized spacial score (nSPS) is 14.4. The summed E-state index contributed by atoms with van der Waals surface area (Å²) in [6, 6.07) is 13.9. The minimum absolute atomic E-state index is 0.103. The molecule has 0 N–H and O–H groups in total. The van der Waals surface area contributed by atoms with Crippen LogP contribution in [-0.4, -0.2) is 6.54 Å². The number of rotatable bonds is 1. The molecule has 0 bridgehead atoms. The van der Waals surface area contributed by atoms with E-state index in [1.807, 2.05) is 31.2 Å². The van der Waals surface area contributed by atoms with Crippen molar-refractivity contribution >= 4 is 11.4 Å². The van der Waals surface area contributed by atoms with E-state index >= 15 is 0 Å². The Morgan fingerprint density at radius 2 is 1.78 bits per heavy atom. The molecule has 0 spiro atoms. The third-order valence-corrected chi connectivity index (χ3v) is 3.57. The van der Waals surface area contributed by atoms with Crippen LogP contribution in [-0.2, 0) is 6.42 Å². The van der Waals surface area contributed by atoms with Gasteiger partial charge in [0.1, 0.15) is 5.82 Å². The molecule has 18 heavy (non-hydrogen) atoms. The van der Waals surface area contributed by atoms with Gasteiger partial charge in [0.25, 0.3) is 0 Å². The third kappa shape index (κ3) is 1.78. The largest absolute Gasteiger partial charge is 0.339 e. The molecule has 0 atom stereocenters. The Bertz CT molecular complexity index is 577. The number of nitrogens with zero attached hydrogens (tertiary/aromatic N) is 1. The van der Waals surface area contributed by atoms with Crippen molar-refractivity contribution in [3.63, 3.8) is 0 Å². The molecular formula is C16H16FN. The fraction of sp³-hybridized carbons (Fsp3) is 0.250. The zero-order valence-electron chi connectivity index (χ0n) is 10.5. The van der Waals surface area contributed by atoms with Crippen LogP contribution < -0.4 is 4.90 Å². The number of fused-ring (bicyclic) bond motifs is 1. The van der Waals surface area contributed by atoms with Crippen molar-refractivity contribution in [3.8, 4) is 0 Å². The maximum atomic E-state index is 14.2. The molecule has 2 heteroatoms. The number of hydrogen-bond acceptors (Lipinski definition) is 1. The van der Waals surface area contributed by atoms with Crippen LogP contribution in [0.5, 0.6) is 0 Å². The van der Waals surface area contributed by atoms with Crippen molar-refractivity contribution in [2.24, 2.45) is 0 Å². The standard InChI is InChI=1S/C16H16FN/c1-12-6-4-10-15(16(12)17)18-11-5-8-13-7-2-3-9-14(13)18/h2-4,6-7,9-10H,5,8,11H2,1H3. The second-order valence-corrected chi connectivity index (χ2v) is 4.79. The van der Waals surface area contributed by atoms with Gasteiger partial charge in [0.15, 0.2) is 0 Å². The van der Waals surface area contributed by atoms with Gasteiger partial charge in [0.2, 0.25) is 0 Å². The molecule has 3 rings (SSSR count). The summed E-state index contributed by atoms with van der Waals surface area (Å²) >= 11 is 0. The fourth-order valence-electron chi connectivity index (χ4n) is 2.62. The number of aryl methyl sites for hydroxylation is 2. The lowest BCUT2D eigenvalue weighted by Crippen LogP contribution is -2.25. The average Bonchev–Trinajstić information content (AvgIpc) is 2.41. The van der Waals surface area contributed by atoms with Crippen LogP contribution in [0, 0.1) is 12.7 Å². The van der Waals surface area contributed by atoms with Crippen molar-refractivity contribution in [2.45, 2.75) is 19.8 Å². The van der Waals surface area contributed by atoms with E-state index in [1.54, 1.807) is 0 Å². The topological polar surface area (TPSA) is 3.24 Å². The van der Waals surface area contributed by atoms with Crippen LogP contribution in [0.1, 0.15) is 17.5 Å². The van der Waals surface area contributed by atoms with E-state index in [2.05, 4.69) is 23.1 Å². The van der Waals surface area contributed by atoms with Gasteiger partial charge in [0, 0.05) is 12.2 Å². The van der Waals surface area contributed by atoms with Crippen LogP contribution in [0.15, 0.2) is 42.5 Å². The maximum Gasteiger partial charge on any atom is 0.149 e. The summed E-state index contributed by atoms with van der Waals surface area (Å²) in [4.78, 5) is 2.10. The number of hydrogen-bond donors (Lipinski definition) is 0. The minimum Gasteiger partial charge on any atom is -0.339 e. The number of halogens is 1. The molecule has 92 valence electrons. The predicted molar refractivity (Wildman–Crippen MR) is 72.9 cm³/mol. The molecule has 2 aromatic rings. The van der Waals surface area contributed by atoms with Gasteiger partial charge in [-0.1, -0.05) is 30.3 Å². The lowest BCUT2D eigenvalue weighted by atomic mass is 10.0. The van der Waals surface area contributed by atoms with Crippen molar-refractivity contribution in [1.29, 1.82) is 0 Å². The number of anilines is 2. The van der Waals surface area contributed by atoms with Gasteiger partial charge in [-0.2, -0.15) is 0 Å². The Hall–Kier alpha value is -1.83. The molecule has 1 aliphatic rings. The van der Waals surface area contributed by atoms with Crippen LogP contribution in [0.2, 0.25) is 0 Å². The first kappa shape index (κ1) is 11.3. The summed E-state index contributed by atoms with van der Waals surface area (Å²) in [5, 5.41) is 0. The Morgan fingerprint density at radius 1 is 1.00 bits per heavy atom. The Morgan fingerprint density at radius 3 is 2.67 bits per heavy atom. The van der Waals surface area contributed by atoms with Crippen molar-refractivity contribution in [1.82, 2.24) is 0 Å². The van der Waals surface area contributed by atoms with Crippen molar-refractivity contribution in [3.05, 3.63) is 59.4 Å². The first-order valence-electron chi connectivity index (χ1n) is 6.38. The van der Waals surface area contributed by atoms with Gasteiger partial charge in [-0.05, 0) is 43.0 Å². The van der Waals surface area contributed by atoms with Gasteiger partial charge in [-0.15, -0.1) is 0 Å². The zero-order valence-corrected chi connectivity index (χ0v) is 10.5. The van der Waals surface area contributed by atoms with Crippen LogP contribution in [0.3, 0.4) is 0 Å². The Labute approximate surface area is 107 Å². The summed E-state index contributed by atoms with van der Waals surface area (Å²) in [7, 11) is 0. The molecule has 1 nitrogen and oxygen atoms in total. The van der Waals surface area contributed by atoms with E-state index in [1.165, 1.54) is 5.56 Å². The highest BCUT2D eigenvalue weighted by Gasteiger charge is 2.20. The summed E-state index contributed by atoms with van der Waals surface area (Å²) in [5.41, 5.74) is 3.86. The summed E-state index contributed by atoms with van der Waals surface area (Å²) in [6.45, 7) is 2.70. The average molecular weight is 241 g/mol. The third-order valence-electron chi connectivity index (χ3n) is 3.57. The molecule has 0 saturated carbocycles. The molecule has 0 saturated heterocycles. The van der Waals surface area contributed by atoms with Crippen molar-refractivity contribution in [2.75, 3.05) is 11.4 Å². The molecule has 0 unspecified atom stereocenters. The van der Waals surface area contributed by atoms with E-state index in [-0.39, 0.29) is 5.82 Å². The molecule has 0 amide bonds. The maximum absolute atomic E-state index is 14.2. The van der Waals surface area contributed by atoms with Gasteiger partial charge in [-0.3, -0.25) is 0 Å². The van der Waals surface area contributed by atoms with Gasteiger partial charge in [0.05, 0.1) is 5.69 Å². The molecule has 1 heterocycles. The Balaban J connectivity index is 2.11. The second-order valence-electron chi connectivity index (χ2n) is 4.79. The second kappa shape index (κ2) is 4.45. The highest BCUT2D eigenvalue weighted by atomic mass is 19.1. The van der Waals surface area contributed by atoms with Crippen LogP contribution >= 0.6 is 0 Å². The van der Waals surface area contributed by atoms with Gasteiger partial charge in [-0.25, -0.2) is 4.39 Å². The van der Waals surface area contributed by atoms with E-state index < -0.39 is 0 Å². The van der Waals surface area contributed by atoms with Crippen LogP contribution in [0.4, 0.5) is 15.8 Å². The van der Waals surface area contributed by atoms with Crippen molar-refractivity contribution < 1.29 is 4.39 Å². The lowest BCUT2D eigenvalue weighted by molar-refractivity contribution is 0.612. The van der Waals surface area contributed by atoms with Crippen LogP contribution in [0.25, 0.3) is 0 Å². The zero-order chi connectivity index (χ0) is 12.5.